The topological polar surface area (TPSA) is 80.4 Å². The highest BCUT2D eigenvalue weighted by Gasteiger charge is 2.32. The van der Waals surface area contributed by atoms with Crippen LogP contribution in [0.3, 0.4) is 0 Å². The molecule has 4 nitrogen and oxygen atoms in total. The molecule has 2 aliphatic carbocycles. The Kier molecular flexibility index (Phi) is 6.51. The van der Waals surface area contributed by atoms with Crippen molar-refractivity contribution in [2.45, 2.75) is 88.0 Å². The van der Waals surface area contributed by atoms with E-state index in [-0.39, 0.29) is 11.0 Å². The van der Waals surface area contributed by atoms with Gasteiger partial charge in [0, 0.05) is 6.04 Å². The molecule has 2 saturated carbocycles. The number of rotatable bonds is 6. The van der Waals surface area contributed by atoms with E-state index < -0.39 is 22.0 Å². The average molecular weight is 317 g/mol. The number of hydrogen-bond donors (Lipinski definition) is 2. The highest BCUT2D eigenvalue weighted by Crippen LogP contribution is 2.28. The third kappa shape index (κ3) is 5.22. The molecule has 2 atom stereocenters. The lowest BCUT2D eigenvalue weighted by molar-refractivity contribution is 0.145. The quantitative estimate of drug-likeness (QED) is 0.788. The molecule has 0 amide bonds. The van der Waals surface area contributed by atoms with Crippen molar-refractivity contribution in [1.29, 1.82) is 0 Å². The first-order chi connectivity index (χ1) is 9.99. The van der Waals surface area contributed by atoms with Gasteiger partial charge in [-0.2, -0.15) is 0 Å². The molecule has 0 aliphatic heterocycles. The van der Waals surface area contributed by atoms with Crippen molar-refractivity contribution in [3.8, 4) is 0 Å². The molecule has 3 N–H and O–H groups in total. The van der Waals surface area contributed by atoms with Gasteiger partial charge in [-0.1, -0.05) is 51.4 Å². The lowest BCUT2D eigenvalue weighted by Gasteiger charge is -2.28. The Hall–Kier alpha value is -0.130. The van der Waals surface area contributed by atoms with Crippen LogP contribution < -0.4 is 5.73 Å². The molecule has 21 heavy (non-hydrogen) atoms. The third-order valence-corrected chi connectivity index (χ3v) is 7.58. The first-order valence-electron chi connectivity index (χ1n) is 8.64. The molecule has 0 aromatic rings. The summed E-state index contributed by atoms with van der Waals surface area (Å²) in [7, 11) is -3.20. The van der Waals surface area contributed by atoms with Gasteiger partial charge in [0.1, 0.15) is 0 Å². The van der Waals surface area contributed by atoms with Gasteiger partial charge in [0.15, 0.2) is 9.84 Å². The summed E-state index contributed by atoms with van der Waals surface area (Å²) in [6.45, 7) is 0. The van der Waals surface area contributed by atoms with Gasteiger partial charge in [-0.15, -0.1) is 0 Å². The van der Waals surface area contributed by atoms with Crippen LogP contribution >= 0.6 is 0 Å². The highest BCUT2D eigenvalue weighted by atomic mass is 32.2. The molecule has 2 fully saturated rings. The van der Waals surface area contributed by atoms with Crippen LogP contribution in [-0.4, -0.2) is 36.7 Å². The maximum absolute atomic E-state index is 12.4. The molecule has 0 bridgehead atoms. The highest BCUT2D eigenvalue weighted by molar-refractivity contribution is 7.92. The molecular formula is C16H31NO3S. The van der Waals surface area contributed by atoms with Crippen molar-refractivity contribution in [2.75, 3.05) is 5.75 Å². The molecule has 2 aliphatic rings. The van der Waals surface area contributed by atoms with Gasteiger partial charge >= 0.3 is 0 Å². The maximum Gasteiger partial charge on any atom is 0.155 e. The third-order valence-electron chi connectivity index (χ3n) is 5.29. The van der Waals surface area contributed by atoms with Gasteiger partial charge in [-0.3, -0.25) is 0 Å². The van der Waals surface area contributed by atoms with E-state index in [0.717, 1.165) is 38.5 Å². The Morgan fingerprint density at radius 2 is 1.48 bits per heavy atom. The number of hydrogen-bond acceptors (Lipinski definition) is 4. The Morgan fingerprint density at radius 1 is 0.952 bits per heavy atom. The first-order valence-corrected chi connectivity index (χ1v) is 10.4. The number of aliphatic hydroxyl groups excluding tert-OH is 1. The Balaban J connectivity index is 1.82. The Morgan fingerprint density at radius 3 is 2.05 bits per heavy atom. The molecular weight excluding hydrogens is 286 g/mol. The average Bonchev–Trinajstić information content (AvgIpc) is 2.48. The minimum Gasteiger partial charge on any atom is -0.390 e. The van der Waals surface area contributed by atoms with Crippen molar-refractivity contribution in [2.24, 2.45) is 11.7 Å². The predicted molar refractivity (Wildman–Crippen MR) is 85.8 cm³/mol. The van der Waals surface area contributed by atoms with E-state index in [2.05, 4.69) is 0 Å². The van der Waals surface area contributed by atoms with E-state index in [1.54, 1.807) is 0 Å². The molecule has 0 spiro atoms. The van der Waals surface area contributed by atoms with Crippen LogP contribution in [0.1, 0.15) is 70.6 Å². The zero-order valence-electron chi connectivity index (χ0n) is 13.0. The van der Waals surface area contributed by atoms with Crippen LogP contribution in [0.15, 0.2) is 0 Å². The van der Waals surface area contributed by atoms with Crippen molar-refractivity contribution in [3.63, 3.8) is 0 Å². The fourth-order valence-corrected chi connectivity index (χ4v) is 5.93. The molecule has 0 aromatic heterocycles. The lowest BCUT2D eigenvalue weighted by atomic mass is 9.84. The minimum absolute atomic E-state index is 0.147. The zero-order valence-corrected chi connectivity index (χ0v) is 13.9. The van der Waals surface area contributed by atoms with Gasteiger partial charge in [0.2, 0.25) is 0 Å². The van der Waals surface area contributed by atoms with Crippen LogP contribution in [0.5, 0.6) is 0 Å². The molecule has 0 saturated heterocycles. The van der Waals surface area contributed by atoms with Crippen LogP contribution in [0, 0.1) is 5.92 Å². The normalized spacial score (nSPS) is 25.6. The van der Waals surface area contributed by atoms with Crippen molar-refractivity contribution in [3.05, 3.63) is 0 Å². The molecule has 0 aromatic carbocycles. The van der Waals surface area contributed by atoms with Gasteiger partial charge in [-0.25, -0.2) is 8.42 Å². The van der Waals surface area contributed by atoms with Crippen molar-refractivity contribution < 1.29 is 13.5 Å². The second kappa shape index (κ2) is 7.93. The summed E-state index contributed by atoms with van der Waals surface area (Å²) in [4.78, 5) is 0. The molecule has 5 heteroatoms. The summed E-state index contributed by atoms with van der Waals surface area (Å²) in [6.07, 6.45) is 10.6. The van der Waals surface area contributed by atoms with Crippen LogP contribution in [0.4, 0.5) is 0 Å². The van der Waals surface area contributed by atoms with Gasteiger partial charge < -0.3 is 10.8 Å². The van der Waals surface area contributed by atoms with Crippen LogP contribution in [0.2, 0.25) is 0 Å². The van der Waals surface area contributed by atoms with E-state index in [4.69, 9.17) is 5.73 Å². The van der Waals surface area contributed by atoms with Crippen molar-refractivity contribution >= 4 is 9.84 Å². The standard InChI is InChI=1S/C16H31NO3S/c17-15(11-13-7-3-1-4-8-13)16(18)12-21(19,20)14-9-5-2-6-10-14/h13-16,18H,1-12,17H2/t15-,16-/m0/s1. The summed E-state index contributed by atoms with van der Waals surface area (Å²) in [6, 6.07) is -0.397. The largest absolute Gasteiger partial charge is 0.390 e. The fraction of sp³-hybridized carbons (Fsp3) is 1.00. The summed E-state index contributed by atoms with van der Waals surface area (Å²) >= 11 is 0. The Labute approximate surface area is 129 Å². The van der Waals surface area contributed by atoms with Crippen LogP contribution in [0.25, 0.3) is 0 Å². The SMILES string of the molecule is N[C@@H](CC1CCCCC1)[C@@H](O)CS(=O)(=O)C1CCCCC1. The summed E-state index contributed by atoms with van der Waals surface area (Å²) in [5.41, 5.74) is 6.07. The monoisotopic (exact) mass is 317 g/mol. The van der Waals surface area contributed by atoms with Crippen LogP contribution in [-0.2, 0) is 9.84 Å². The molecule has 124 valence electrons. The number of nitrogens with two attached hydrogens (primary N) is 1. The molecule has 0 radical (unpaired) electrons. The zero-order chi connectivity index (χ0) is 15.3. The maximum atomic E-state index is 12.4. The molecule has 2 rings (SSSR count). The fourth-order valence-electron chi connectivity index (χ4n) is 3.89. The molecule has 0 heterocycles. The second-order valence-electron chi connectivity index (χ2n) is 7.06. The summed E-state index contributed by atoms with van der Waals surface area (Å²) in [5.74, 6) is 0.423. The second-order valence-corrected chi connectivity index (χ2v) is 9.39. The van der Waals surface area contributed by atoms with E-state index in [0.29, 0.717) is 5.92 Å². The van der Waals surface area contributed by atoms with E-state index in [9.17, 15) is 13.5 Å². The predicted octanol–water partition coefficient (Wildman–Crippen LogP) is 2.39. The van der Waals surface area contributed by atoms with E-state index >= 15 is 0 Å². The van der Waals surface area contributed by atoms with Gasteiger partial charge in [0.25, 0.3) is 0 Å². The smallest absolute Gasteiger partial charge is 0.155 e. The van der Waals surface area contributed by atoms with E-state index in [1.807, 2.05) is 0 Å². The first kappa shape index (κ1) is 17.2. The summed E-state index contributed by atoms with van der Waals surface area (Å²) < 4.78 is 24.8. The molecule has 0 unspecified atom stereocenters. The minimum atomic E-state index is -3.20. The van der Waals surface area contributed by atoms with Gasteiger partial charge in [-0.05, 0) is 25.2 Å². The summed E-state index contributed by atoms with van der Waals surface area (Å²) in [5, 5.41) is 9.96. The Bertz CT molecular complexity index is 398. The van der Waals surface area contributed by atoms with Gasteiger partial charge in [0.05, 0.1) is 17.1 Å². The number of sulfone groups is 1. The van der Waals surface area contributed by atoms with E-state index in [1.165, 1.54) is 32.1 Å². The lowest BCUT2D eigenvalue weighted by Crippen LogP contribution is -2.43. The number of aliphatic hydroxyl groups is 1. The van der Waals surface area contributed by atoms with Crippen molar-refractivity contribution in [1.82, 2.24) is 0 Å².